The summed E-state index contributed by atoms with van der Waals surface area (Å²) >= 11 is 0. The van der Waals surface area contributed by atoms with E-state index in [4.69, 9.17) is 4.74 Å². The second-order valence-electron chi connectivity index (χ2n) is 8.08. The third-order valence-corrected chi connectivity index (χ3v) is 6.86. The van der Waals surface area contributed by atoms with Crippen molar-refractivity contribution in [3.63, 3.8) is 0 Å². The van der Waals surface area contributed by atoms with Gasteiger partial charge in [0.05, 0.1) is 24.7 Å². The lowest BCUT2D eigenvalue weighted by molar-refractivity contribution is -0.135. The van der Waals surface area contributed by atoms with Crippen LogP contribution >= 0.6 is 0 Å². The Morgan fingerprint density at radius 2 is 1.76 bits per heavy atom. The second kappa shape index (κ2) is 11.7. The first kappa shape index (κ1) is 24.6. The van der Waals surface area contributed by atoms with Crippen molar-refractivity contribution in [1.29, 1.82) is 0 Å². The molecule has 0 radical (unpaired) electrons. The number of rotatable bonds is 10. The molecule has 2 N–H and O–H groups in total. The zero-order chi connectivity index (χ0) is 23.7. The molecule has 0 spiro atoms. The molecule has 0 aromatic heterocycles. The number of ether oxygens (including phenoxy) is 1. The summed E-state index contributed by atoms with van der Waals surface area (Å²) in [4.78, 5) is 27.0. The van der Waals surface area contributed by atoms with E-state index in [1.54, 1.807) is 36.1 Å². The van der Waals surface area contributed by atoms with Crippen molar-refractivity contribution in [3.05, 3.63) is 54.6 Å². The molecule has 0 bridgehead atoms. The van der Waals surface area contributed by atoms with Gasteiger partial charge in [0.1, 0.15) is 5.75 Å². The van der Waals surface area contributed by atoms with Gasteiger partial charge in [-0.15, -0.1) is 0 Å². The Morgan fingerprint density at radius 1 is 1.06 bits per heavy atom. The van der Waals surface area contributed by atoms with E-state index >= 15 is 0 Å². The van der Waals surface area contributed by atoms with Crippen LogP contribution in [0, 0.1) is 5.92 Å². The van der Waals surface area contributed by atoms with Crippen LogP contribution in [0.1, 0.15) is 32.6 Å². The molecule has 2 aromatic carbocycles. The number of likely N-dealkylation sites (tertiary alicyclic amines) is 1. The molecule has 0 saturated carbocycles. The molecule has 33 heavy (non-hydrogen) atoms. The molecular weight excluding hydrogens is 442 g/mol. The van der Waals surface area contributed by atoms with Crippen molar-refractivity contribution in [2.45, 2.75) is 32.6 Å². The van der Waals surface area contributed by atoms with Crippen molar-refractivity contribution < 1.29 is 22.7 Å². The molecule has 1 saturated heterocycles. The summed E-state index contributed by atoms with van der Waals surface area (Å²) in [6, 6.07) is 15.9. The second-order valence-corrected chi connectivity index (χ2v) is 9.92. The van der Waals surface area contributed by atoms with Gasteiger partial charge in [0.2, 0.25) is 21.8 Å². The fourth-order valence-corrected chi connectivity index (χ4v) is 4.85. The first-order valence-corrected chi connectivity index (χ1v) is 12.9. The largest absolute Gasteiger partial charge is 0.493 e. The zero-order valence-electron chi connectivity index (χ0n) is 18.8. The lowest BCUT2D eigenvalue weighted by Crippen LogP contribution is -2.44. The summed E-state index contributed by atoms with van der Waals surface area (Å²) in [6.07, 6.45) is 2.27. The molecule has 1 fully saturated rings. The standard InChI is InChI=1S/C24H31N3O5S/c1-2-17-33(30,31)26-21-12-10-20(11-13-21)25-24(29)19-7-6-15-27(18-19)23(28)14-16-32-22-8-4-3-5-9-22/h3-5,8-13,19,26H,2,6-7,14-18H2,1H3,(H,25,29). The maximum atomic E-state index is 12.7. The normalized spacial score (nSPS) is 16.2. The minimum Gasteiger partial charge on any atom is -0.493 e. The Morgan fingerprint density at radius 3 is 2.45 bits per heavy atom. The van der Waals surface area contributed by atoms with Crippen LogP contribution in [0.4, 0.5) is 11.4 Å². The summed E-state index contributed by atoms with van der Waals surface area (Å²) in [6.45, 7) is 3.12. The summed E-state index contributed by atoms with van der Waals surface area (Å²) in [5.41, 5.74) is 1.03. The Balaban J connectivity index is 1.47. The number of anilines is 2. The maximum absolute atomic E-state index is 12.7. The molecule has 178 valence electrons. The van der Waals surface area contributed by atoms with Crippen LogP contribution < -0.4 is 14.8 Å². The first-order valence-electron chi connectivity index (χ1n) is 11.2. The van der Waals surface area contributed by atoms with E-state index in [1.807, 2.05) is 30.3 Å². The number of hydrogen-bond acceptors (Lipinski definition) is 5. The van der Waals surface area contributed by atoms with Gasteiger partial charge < -0.3 is 15.0 Å². The van der Waals surface area contributed by atoms with E-state index in [9.17, 15) is 18.0 Å². The summed E-state index contributed by atoms with van der Waals surface area (Å²) < 4.78 is 31.9. The van der Waals surface area contributed by atoms with E-state index in [0.29, 0.717) is 43.9 Å². The van der Waals surface area contributed by atoms with Gasteiger partial charge >= 0.3 is 0 Å². The number of carbonyl (C=O) groups excluding carboxylic acids is 2. The number of nitrogens with zero attached hydrogens (tertiary/aromatic N) is 1. The molecule has 1 heterocycles. The van der Waals surface area contributed by atoms with Gasteiger partial charge in [-0.25, -0.2) is 8.42 Å². The lowest BCUT2D eigenvalue weighted by atomic mass is 9.96. The summed E-state index contributed by atoms with van der Waals surface area (Å²) in [7, 11) is -3.36. The van der Waals surface area contributed by atoms with Gasteiger partial charge in [-0.3, -0.25) is 14.3 Å². The molecule has 8 nitrogen and oxygen atoms in total. The van der Waals surface area contributed by atoms with E-state index in [1.165, 1.54) is 0 Å². The Kier molecular flexibility index (Phi) is 8.71. The quantitative estimate of drug-likeness (QED) is 0.550. The van der Waals surface area contributed by atoms with Gasteiger partial charge in [-0.1, -0.05) is 25.1 Å². The maximum Gasteiger partial charge on any atom is 0.232 e. The van der Waals surface area contributed by atoms with Crippen LogP contribution in [0.15, 0.2) is 54.6 Å². The highest BCUT2D eigenvalue weighted by Crippen LogP contribution is 2.21. The molecule has 1 unspecified atom stereocenters. The van der Waals surface area contributed by atoms with E-state index in [-0.39, 0.29) is 29.9 Å². The first-order chi connectivity index (χ1) is 15.9. The lowest BCUT2D eigenvalue weighted by Gasteiger charge is -2.32. The molecule has 3 rings (SSSR count). The third kappa shape index (κ3) is 7.78. The topological polar surface area (TPSA) is 105 Å². The van der Waals surface area contributed by atoms with Crippen LogP contribution in [-0.2, 0) is 19.6 Å². The molecule has 2 amide bonds. The number of para-hydroxylation sites is 1. The highest BCUT2D eigenvalue weighted by Gasteiger charge is 2.28. The Hall–Kier alpha value is -3.07. The van der Waals surface area contributed by atoms with Crippen LogP contribution in [0.2, 0.25) is 0 Å². The van der Waals surface area contributed by atoms with Crippen LogP contribution in [-0.4, -0.2) is 50.6 Å². The van der Waals surface area contributed by atoms with Crippen molar-refractivity contribution in [2.75, 3.05) is 35.5 Å². The van der Waals surface area contributed by atoms with Crippen molar-refractivity contribution in [2.24, 2.45) is 5.92 Å². The van der Waals surface area contributed by atoms with Crippen LogP contribution in [0.3, 0.4) is 0 Å². The van der Waals surface area contributed by atoms with E-state index < -0.39 is 10.0 Å². The highest BCUT2D eigenvalue weighted by molar-refractivity contribution is 7.92. The molecule has 1 atom stereocenters. The minimum absolute atomic E-state index is 0.0212. The predicted octanol–water partition coefficient (Wildman–Crippen LogP) is 3.48. The predicted molar refractivity (Wildman–Crippen MR) is 129 cm³/mol. The fraction of sp³-hybridized carbons (Fsp3) is 0.417. The number of amides is 2. The van der Waals surface area contributed by atoms with E-state index in [2.05, 4.69) is 10.0 Å². The van der Waals surface area contributed by atoms with Crippen molar-refractivity contribution in [3.8, 4) is 5.75 Å². The molecule has 1 aliphatic heterocycles. The highest BCUT2D eigenvalue weighted by atomic mass is 32.2. The number of hydrogen-bond donors (Lipinski definition) is 2. The van der Waals surface area contributed by atoms with Gasteiger partial charge in [-0.2, -0.15) is 0 Å². The number of sulfonamides is 1. The minimum atomic E-state index is -3.36. The summed E-state index contributed by atoms with van der Waals surface area (Å²) in [5.74, 6) is 0.325. The molecule has 0 aliphatic carbocycles. The number of piperidine rings is 1. The Labute approximate surface area is 195 Å². The van der Waals surface area contributed by atoms with Gasteiger partial charge in [0, 0.05) is 24.5 Å². The monoisotopic (exact) mass is 473 g/mol. The average molecular weight is 474 g/mol. The third-order valence-electron chi connectivity index (χ3n) is 5.37. The van der Waals surface area contributed by atoms with Gasteiger partial charge in [0.15, 0.2) is 0 Å². The number of nitrogens with one attached hydrogen (secondary N) is 2. The van der Waals surface area contributed by atoms with Gasteiger partial charge in [0.25, 0.3) is 0 Å². The summed E-state index contributed by atoms with van der Waals surface area (Å²) in [5, 5.41) is 2.87. The van der Waals surface area contributed by atoms with Crippen molar-refractivity contribution >= 4 is 33.2 Å². The molecule has 1 aliphatic rings. The van der Waals surface area contributed by atoms with Crippen LogP contribution in [0.25, 0.3) is 0 Å². The smallest absolute Gasteiger partial charge is 0.232 e. The molecule has 2 aromatic rings. The molecular formula is C24H31N3O5S. The molecule has 9 heteroatoms. The Bertz CT molecular complexity index is 1030. The average Bonchev–Trinajstić information content (AvgIpc) is 2.81. The van der Waals surface area contributed by atoms with E-state index in [0.717, 1.165) is 12.2 Å². The van der Waals surface area contributed by atoms with Crippen molar-refractivity contribution in [1.82, 2.24) is 4.90 Å². The number of benzene rings is 2. The van der Waals surface area contributed by atoms with Gasteiger partial charge in [-0.05, 0) is 55.7 Å². The number of carbonyl (C=O) groups is 2. The fourth-order valence-electron chi connectivity index (χ4n) is 3.71. The SMILES string of the molecule is CCCS(=O)(=O)Nc1ccc(NC(=O)C2CCCN(C(=O)CCOc3ccccc3)C2)cc1. The van der Waals surface area contributed by atoms with Crippen LogP contribution in [0.5, 0.6) is 5.75 Å². The zero-order valence-corrected chi connectivity index (χ0v) is 19.6.